The molecule has 5 atom stereocenters. The number of aliphatic hydroxyl groups excluding tert-OH is 2. The Morgan fingerprint density at radius 3 is 2.62 bits per heavy atom. The minimum absolute atomic E-state index is 0.204. The van der Waals surface area contributed by atoms with Gasteiger partial charge in [-0.1, -0.05) is 23.7 Å². The number of nitrogen functional groups attached to an aromatic ring is 1. The van der Waals surface area contributed by atoms with Crippen molar-refractivity contribution in [2.45, 2.75) is 43.5 Å². The molecule has 13 nitrogen and oxygen atoms in total. The van der Waals surface area contributed by atoms with Gasteiger partial charge in [-0.3, -0.25) is 14.3 Å². The Labute approximate surface area is 230 Å². The fourth-order valence-electron chi connectivity index (χ4n) is 5.26. The molecule has 14 heteroatoms. The van der Waals surface area contributed by atoms with Crippen LogP contribution in [-0.4, -0.2) is 108 Å². The lowest BCUT2D eigenvalue weighted by molar-refractivity contribution is -0.138. The van der Waals surface area contributed by atoms with Crippen LogP contribution in [0.4, 0.5) is 5.82 Å². The lowest BCUT2D eigenvalue weighted by Gasteiger charge is -2.42. The van der Waals surface area contributed by atoms with Crippen LogP contribution in [0.5, 0.6) is 0 Å². The molecule has 4 heterocycles. The number of aliphatic carboxylic acids is 1. The molecule has 2 aromatic heterocycles. The predicted molar refractivity (Wildman–Crippen MR) is 143 cm³/mol. The molecule has 0 aliphatic carbocycles. The molecule has 2 saturated heterocycles. The van der Waals surface area contributed by atoms with Crippen LogP contribution in [0.15, 0.2) is 36.9 Å². The summed E-state index contributed by atoms with van der Waals surface area (Å²) in [6.45, 7) is 3.96. The highest BCUT2D eigenvalue weighted by molar-refractivity contribution is 6.30. The largest absolute Gasteiger partial charge is 0.480 e. The summed E-state index contributed by atoms with van der Waals surface area (Å²) in [5, 5.41) is 31.7. The molecule has 2 aliphatic heterocycles. The summed E-state index contributed by atoms with van der Waals surface area (Å²) in [6, 6.07) is 6.79. The van der Waals surface area contributed by atoms with Crippen LogP contribution in [0.1, 0.15) is 18.2 Å². The highest BCUT2D eigenvalue weighted by Crippen LogP contribution is 2.33. The van der Waals surface area contributed by atoms with Gasteiger partial charge in [-0.15, -0.1) is 0 Å². The number of halogens is 1. The maximum atomic E-state index is 11.3. The van der Waals surface area contributed by atoms with E-state index in [-0.39, 0.29) is 12.2 Å². The highest BCUT2D eigenvalue weighted by atomic mass is 35.5. The lowest BCUT2D eigenvalue weighted by Crippen LogP contribution is -2.52. The van der Waals surface area contributed by atoms with Gasteiger partial charge >= 0.3 is 5.97 Å². The number of carboxylic acids is 1. The smallest absolute Gasteiger partial charge is 0.320 e. The number of carbonyl (C=O) groups is 1. The first kappa shape index (κ1) is 27.6. The van der Waals surface area contributed by atoms with Gasteiger partial charge in [0.25, 0.3) is 0 Å². The number of ether oxygens (including phenoxy) is 1. The molecule has 0 saturated carbocycles. The summed E-state index contributed by atoms with van der Waals surface area (Å²) in [5.74, 6) is -0.501. The van der Waals surface area contributed by atoms with Crippen molar-refractivity contribution in [2.24, 2.45) is 11.7 Å². The number of imidazole rings is 1. The van der Waals surface area contributed by atoms with E-state index in [0.717, 1.165) is 19.6 Å². The number of hydrogen-bond donors (Lipinski definition) is 5. The number of nitrogens with two attached hydrogens (primary N) is 2. The van der Waals surface area contributed by atoms with Crippen LogP contribution in [0.25, 0.3) is 11.2 Å². The molecule has 0 unspecified atom stereocenters. The van der Waals surface area contributed by atoms with Gasteiger partial charge in [0.05, 0.1) is 6.33 Å². The second-order valence-corrected chi connectivity index (χ2v) is 10.7. The van der Waals surface area contributed by atoms with Gasteiger partial charge in [0.2, 0.25) is 0 Å². The van der Waals surface area contributed by atoms with Crippen LogP contribution in [-0.2, 0) is 16.1 Å². The quantitative estimate of drug-likeness (QED) is 0.210. The van der Waals surface area contributed by atoms with E-state index in [9.17, 15) is 20.1 Å². The van der Waals surface area contributed by atoms with Gasteiger partial charge in [-0.05, 0) is 30.0 Å². The van der Waals surface area contributed by atoms with E-state index < -0.39 is 36.6 Å². The zero-order chi connectivity index (χ0) is 27.7. The number of aromatic nitrogens is 4. The number of benzene rings is 1. The fourth-order valence-corrected chi connectivity index (χ4v) is 5.38. The average Bonchev–Trinajstić information content (AvgIpc) is 3.44. The van der Waals surface area contributed by atoms with E-state index in [0.29, 0.717) is 41.7 Å². The number of hydrogen-bond acceptors (Lipinski definition) is 11. The molecule has 1 aromatic carbocycles. The second-order valence-electron chi connectivity index (χ2n) is 10.3. The summed E-state index contributed by atoms with van der Waals surface area (Å²) in [6.07, 6.45) is -1.07. The van der Waals surface area contributed by atoms with Gasteiger partial charge in [0, 0.05) is 44.3 Å². The number of anilines is 1. The predicted octanol–water partition coefficient (Wildman–Crippen LogP) is -0.0829. The summed E-state index contributed by atoms with van der Waals surface area (Å²) >= 11 is 5.98. The van der Waals surface area contributed by atoms with Crippen molar-refractivity contribution in [3.05, 3.63) is 47.5 Å². The molecule has 0 amide bonds. The van der Waals surface area contributed by atoms with E-state index in [1.807, 2.05) is 24.3 Å². The maximum Gasteiger partial charge on any atom is 0.320 e. The molecular weight excluding hydrogens is 528 g/mol. The third-order valence-electron chi connectivity index (χ3n) is 7.38. The van der Waals surface area contributed by atoms with Crippen LogP contribution < -0.4 is 11.5 Å². The van der Waals surface area contributed by atoms with E-state index in [1.165, 1.54) is 22.8 Å². The van der Waals surface area contributed by atoms with Gasteiger partial charge in [0.1, 0.15) is 36.2 Å². The number of nitrogens with zero attached hydrogens (tertiary/aromatic N) is 6. The number of fused-ring (bicyclic) bond motifs is 1. The standard InChI is InChI=1S/C25H33ClN8O5/c26-16-3-1-14(2-4-16)7-33-9-15(10-33)8-32(6-5-17(27)25(37)38)11-18-20(35)21(36)24(39-18)34-13-31-19-22(28)29-12-30-23(19)34/h1-4,12-13,15,17-18,20-21,24,35-36H,5-11,27H2,(H,37,38)(H2,28,29,30)/t17-,18+,20+,21+,24+/m0/s1. The minimum atomic E-state index is -1.23. The zero-order valence-electron chi connectivity index (χ0n) is 21.3. The topological polar surface area (TPSA) is 189 Å². The first-order valence-electron chi connectivity index (χ1n) is 12.8. The van der Waals surface area contributed by atoms with Crippen molar-refractivity contribution in [1.82, 2.24) is 29.3 Å². The molecule has 0 spiro atoms. The Bertz CT molecular complexity index is 1290. The maximum absolute atomic E-state index is 11.3. The normalized spacial score (nSPS) is 24.8. The van der Waals surface area contributed by atoms with Crippen molar-refractivity contribution in [3.8, 4) is 0 Å². The Kier molecular flexibility index (Phi) is 8.28. The van der Waals surface area contributed by atoms with Crippen molar-refractivity contribution in [3.63, 3.8) is 0 Å². The summed E-state index contributed by atoms with van der Waals surface area (Å²) in [5.41, 5.74) is 13.6. The number of rotatable bonds is 11. The lowest BCUT2D eigenvalue weighted by atomic mass is 9.97. The molecule has 0 radical (unpaired) electrons. The molecule has 0 bridgehead atoms. The van der Waals surface area contributed by atoms with Crippen molar-refractivity contribution >= 4 is 34.6 Å². The van der Waals surface area contributed by atoms with Crippen molar-refractivity contribution in [2.75, 3.05) is 38.5 Å². The third-order valence-corrected chi connectivity index (χ3v) is 7.63. The van der Waals surface area contributed by atoms with E-state index in [1.54, 1.807) is 0 Å². The van der Waals surface area contributed by atoms with Crippen LogP contribution in [0.3, 0.4) is 0 Å². The average molecular weight is 561 g/mol. The van der Waals surface area contributed by atoms with Gasteiger partial charge in [-0.25, -0.2) is 15.0 Å². The Balaban J connectivity index is 1.23. The van der Waals surface area contributed by atoms with E-state index in [2.05, 4.69) is 24.8 Å². The monoisotopic (exact) mass is 560 g/mol. The highest BCUT2D eigenvalue weighted by Gasteiger charge is 2.45. The molecular formula is C25H33ClN8O5. The minimum Gasteiger partial charge on any atom is -0.480 e. The summed E-state index contributed by atoms with van der Waals surface area (Å²) in [7, 11) is 0. The van der Waals surface area contributed by atoms with Gasteiger partial charge in [0.15, 0.2) is 17.7 Å². The third kappa shape index (κ3) is 6.14. The summed E-state index contributed by atoms with van der Waals surface area (Å²) in [4.78, 5) is 28.0. The SMILES string of the molecule is Nc1ncnc2c1ncn2[C@@H]1O[C@H](CN(CC[C@H](N)C(=O)O)CC2CN(Cc3ccc(Cl)cc3)C2)[C@@H](O)[C@H]1O. The molecule has 5 rings (SSSR count). The van der Waals surface area contributed by atoms with Gasteiger partial charge in [-0.2, -0.15) is 0 Å². The molecule has 3 aromatic rings. The fraction of sp³-hybridized carbons (Fsp3) is 0.520. The first-order chi connectivity index (χ1) is 18.7. The van der Waals surface area contributed by atoms with Crippen molar-refractivity contribution < 1.29 is 24.9 Å². The molecule has 2 aliphatic rings. The molecule has 210 valence electrons. The molecule has 7 N–H and O–H groups in total. The zero-order valence-corrected chi connectivity index (χ0v) is 22.0. The Hall–Kier alpha value is -2.91. The Morgan fingerprint density at radius 2 is 1.90 bits per heavy atom. The molecule has 2 fully saturated rings. The first-order valence-corrected chi connectivity index (χ1v) is 13.2. The van der Waals surface area contributed by atoms with E-state index >= 15 is 0 Å². The van der Waals surface area contributed by atoms with Gasteiger partial charge < -0.3 is 36.4 Å². The van der Waals surface area contributed by atoms with Crippen LogP contribution >= 0.6 is 11.6 Å². The number of carboxylic acid groups (broad SMARTS) is 1. The number of aliphatic hydroxyl groups is 2. The van der Waals surface area contributed by atoms with Crippen molar-refractivity contribution in [1.29, 1.82) is 0 Å². The molecule has 39 heavy (non-hydrogen) atoms. The van der Waals surface area contributed by atoms with E-state index in [4.69, 9.17) is 27.8 Å². The second kappa shape index (κ2) is 11.7. The number of likely N-dealkylation sites (tertiary alicyclic amines) is 1. The Morgan fingerprint density at radius 1 is 1.15 bits per heavy atom. The van der Waals surface area contributed by atoms with Crippen LogP contribution in [0, 0.1) is 5.92 Å². The summed E-state index contributed by atoms with van der Waals surface area (Å²) < 4.78 is 7.65. The van der Waals surface area contributed by atoms with Crippen LogP contribution in [0.2, 0.25) is 5.02 Å².